The van der Waals surface area contributed by atoms with E-state index in [1.54, 1.807) is 5.56 Å². The van der Waals surface area contributed by atoms with Gasteiger partial charge < -0.3 is 4.74 Å². The molecule has 0 heterocycles. The van der Waals surface area contributed by atoms with Crippen LogP contribution in [0.5, 0.6) is 0 Å². The molecule has 10 atom stereocenters. The van der Waals surface area contributed by atoms with Gasteiger partial charge in [0.25, 0.3) is 0 Å². The van der Waals surface area contributed by atoms with Gasteiger partial charge in [0.05, 0.1) is 0 Å². The smallest absolute Gasteiger partial charge is 0.302 e. The van der Waals surface area contributed by atoms with Gasteiger partial charge in [-0.05, 0) is 95.3 Å². The van der Waals surface area contributed by atoms with Gasteiger partial charge in [0.15, 0.2) is 0 Å². The maximum absolute atomic E-state index is 10.8. The molecule has 32 heavy (non-hydrogen) atoms. The summed E-state index contributed by atoms with van der Waals surface area (Å²) >= 11 is 0. The molecule has 0 saturated heterocycles. The van der Waals surface area contributed by atoms with Crippen LogP contribution in [0.4, 0.5) is 0 Å². The van der Waals surface area contributed by atoms with Crippen molar-refractivity contribution in [3.63, 3.8) is 0 Å². The summed E-state index contributed by atoms with van der Waals surface area (Å²) < 4.78 is 5.32. The number of carbonyl (C=O) groups is 1. The standard InChI is InChI=1S/C19H22.C11H18O2/c1-12-13(2)18-10-15(12)11-19(18)17-9-5-7-14-6-3-4-8-16(14)17;1-6-7(2)10-4-9(6)5-11(10)13-8(3)12/h3-9,12-13,15,18-19H,10-11H2,1-2H3;6-7,9-11H,4-5H2,1-3H3/t12?,13?,15-,18-,19-;6?,7?,9-,10-,11?/m11/s1. The Kier molecular flexibility index (Phi) is 5.84. The lowest BCUT2D eigenvalue weighted by Crippen LogP contribution is -2.31. The van der Waals surface area contributed by atoms with Gasteiger partial charge in [-0.15, -0.1) is 0 Å². The molecule has 5 unspecified atom stereocenters. The maximum atomic E-state index is 10.8. The summed E-state index contributed by atoms with van der Waals surface area (Å²) in [4.78, 5) is 10.8. The van der Waals surface area contributed by atoms with E-state index in [1.165, 1.54) is 37.0 Å². The average molecular weight is 433 g/mol. The predicted molar refractivity (Wildman–Crippen MR) is 131 cm³/mol. The van der Waals surface area contributed by atoms with E-state index in [-0.39, 0.29) is 12.1 Å². The molecule has 4 fully saturated rings. The van der Waals surface area contributed by atoms with Crippen LogP contribution >= 0.6 is 0 Å². The SMILES string of the molecule is CC(=O)OC1C[C@H]2C[C@@H]1C(C)C2C.CC1C(C)[C@H]2C[C@@H]1C[C@@H]2c1cccc2ccccc12. The normalized spacial score (nSPS) is 41.5. The third kappa shape index (κ3) is 3.68. The second kappa shape index (κ2) is 8.50. The van der Waals surface area contributed by atoms with Gasteiger partial charge in [-0.25, -0.2) is 0 Å². The molecule has 172 valence electrons. The van der Waals surface area contributed by atoms with Crippen molar-refractivity contribution < 1.29 is 9.53 Å². The molecule has 0 spiro atoms. The van der Waals surface area contributed by atoms with Crippen molar-refractivity contribution in [2.24, 2.45) is 47.3 Å². The summed E-state index contributed by atoms with van der Waals surface area (Å²) in [6, 6.07) is 15.8. The lowest BCUT2D eigenvalue weighted by atomic mass is 9.72. The maximum Gasteiger partial charge on any atom is 0.302 e. The van der Waals surface area contributed by atoms with E-state index < -0.39 is 0 Å². The number of ether oxygens (including phenoxy) is 1. The zero-order valence-corrected chi connectivity index (χ0v) is 20.5. The van der Waals surface area contributed by atoms with Crippen molar-refractivity contribution in [1.82, 2.24) is 0 Å². The molecule has 2 aromatic rings. The molecule has 4 aliphatic carbocycles. The lowest BCUT2D eigenvalue weighted by molar-refractivity contribution is -0.150. The van der Waals surface area contributed by atoms with Gasteiger partial charge in [-0.1, -0.05) is 70.2 Å². The number of fused-ring (bicyclic) bond motifs is 5. The Morgan fingerprint density at radius 1 is 0.750 bits per heavy atom. The number of rotatable bonds is 2. The zero-order chi connectivity index (χ0) is 22.6. The average Bonchev–Trinajstić information content (AvgIpc) is 3.52. The van der Waals surface area contributed by atoms with Crippen LogP contribution in [0.25, 0.3) is 10.8 Å². The fourth-order valence-corrected chi connectivity index (χ4v) is 8.09. The van der Waals surface area contributed by atoms with Crippen molar-refractivity contribution >= 4 is 16.7 Å². The Bertz CT molecular complexity index is 970. The van der Waals surface area contributed by atoms with Gasteiger partial charge in [0.2, 0.25) is 0 Å². The molecule has 0 aromatic heterocycles. The number of carbonyl (C=O) groups excluding carboxylic acids is 1. The van der Waals surface area contributed by atoms with Gasteiger partial charge >= 0.3 is 5.97 Å². The molecule has 0 aliphatic heterocycles. The van der Waals surface area contributed by atoms with Crippen LogP contribution in [0.1, 0.15) is 71.8 Å². The Morgan fingerprint density at radius 3 is 2.00 bits per heavy atom. The molecule has 0 N–H and O–H groups in total. The molecule has 6 rings (SSSR count). The third-order valence-corrected chi connectivity index (χ3v) is 10.3. The quantitative estimate of drug-likeness (QED) is 0.460. The first-order chi connectivity index (χ1) is 15.3. The summed E-state index contributed by atoms with van der Waals surface area (Å²) in [5, 5.41) is 2.89. The Balaban J connectivity index is 0.000000146. The minimum atomic E-state index is -0.114. The van der Waals surface area contributed by atoms with Crippen molar-refractivity contribution in [3.8, 4) is 0 Å². The fourth-order valence-electron chi connectivity index (χ4n) is 8.09. The van der Waals surface area contributed by atoms with Gasteiger partial charge in [0.1, 0.15) is 6.10 Å². The van der Waals surface area contributed by atoms with Crippen LogP contribution in [-0.4, -0.2) is 12.1 Å². The van der Waals surface area contributed by atoms with Crippen LogP contribution in [0, 0.1) is 47.3 Å². The summed E-state index contributed by atoms with van der Waals surface area (Å²) in [6.45, 7) is 11.1. The van der Waals surface area contributed by atoms with Crippen LogP contribution in [0.2, 0.25) is 0 Å². The van der Waals surface area contributed by atoms with Crippen molar-refractivity contribution in [1.29, 1.82) is 0 Å². The molecule has 4 saturated carbocycles. The molecule has 4 bridgehead atoms. The van der Waals surface area contributed by atoms with Crippen molar-refractivity contribution in [3.05, 3.63) is 48.0 Å². The van der Waals surface area contributed by atoms with Crippen LogP contribution in [0.15, 0.2) is 42.5 Å². The van der Waals surface area contributed by atoms with E-state index in [1.807, 2.05) is 0 Å². The number of hydrogen-bond acceptors (Lipinski definition) is 2. The van der Waals surface area contributed by atoms with Gasteiger partial charge in [0, 0.05) is 6.92 Å². The predicted octanol–water partition coefficient (Wildman–Crippen LogP) is 7.47. The monoisotopic (exact) mass is 432 g/mol. The number of hydrogen-bond donors (Lipinski definition) is 0. The summed E-state index contributed by atoms with van der Waals surface area (Å²) in [5.74, 6) is 7.46. The Morgan fingerprint density at radius 2 is 1.38 bits per heavy atom. The molecule has 0 radical (unpaired) electrons. The molecule has 2 nitrogen and oxygen atoms in total. The van der Waals surface area contributed by atoms with Crippen LogP contribution < -0.4 is 0 Å². The third-order valence-electron chi connectivity index (χ3n) is 10.3. The molecule has 0 amide bonds. The van der Waals surface area contributed by atoms with Crippen LogP contribution in [-0.2, 0) is 9.53 Å². The molecule has 2 heteroatoms. The first-order valence-electron chi connectivity index (χ1n) is 13.0. The highest BCUT2D eigenvalue weighted by Gasteiger charge is 2.50. The molecular formula is C30H40O2. The topological polar surface area (TPSA) is 26.3 Å². The van der Waals surface area contributed by atoms with Crippen LogP contribution in [0.3, 0.4) is 0 Å². The zero-order valence-electron chi connectivity index (χ0n) is 20.5. The van der Waals surface area contributed by atoms with E-state index in [9.17, 15) is 4.79 Å². The summed E-state index contributed by atoms with van der Waals surface area (Å²) in [5.41, 5.74) is 1.62. The van der Waals surface area contributed by atoms with E-state index in [2.05, 4.69) is 70.2 Å². The number of benzene rings is 2. The van der Waals surface area contributed by atoms with E-state index in [4.69, 9.17) is 4.74 Å². The summed E-state index contributed by atoms with van der Waals surface area (Å²) in [6.07, 6.45) is 5.50. The minimum Gasteiger partial charge on any atom is -0.462 e. The van der Waals surface area contributed by atoms with E-state index in [0.29, 0.717) is 5.92 Å². The van der Waals surface area contributed by atoms with Gasteiger partial charge in [-0.3, -0.25) is 4.79 Å². The highest BCUT2D eigenvalue weighted by atomic mass is 16.5. The number of esters is 1. The second-order valence-corrected chi connectivity index (χ2v) is 11.5. The molecule has 4 aliphatic rings. The first kappa shape index (κ1) is 22.0. The minimum absolute atomic E-state index is 0.114. The lowest BCUT2D eigenvalue weighted by Gasteiger charge is -2.32. The largest absolute Gasteiger partial charge is 0.462 e. The Hall–Kier alpha value is -1.83. The highest BCUT2D eigenvalue weighted by Crippen LogP contribution is 2.59. The molecule has 2 aromatic carbocycles. The van der Waals surface area contributed by atoms with Gasteiger partial charge in [-0.2, -0.15) is 0 Å². The summed E-state index contributed by atoms with van der Waals surface area (Å²) in [7, 11) is 0. The van der Waals surface area contributed by atoms with Crippen molar-refractivity contribution in [2.45, 2.75) is 72.3 Å². The first-order valence-corrected chi connectivity index (χ1v) is 13.0. The van der Waals surface area contributed by atoms with E-state index >= 15 is 0 Å². The van der Waals surface area contributed by atoms with Crippen molar-refractivity contribution in [2.75, 3.05) is 0 Å². The Labute approximate surface area is 194 Å². The fraction of sp³-hybridized carbons (Fsp3) is 0.633. The highest BCUT2D eigenvalue weighted by molar-refractivity contribution is 5.86. The van der Waals surface area contributed by atoms with E-state index in [0.717, 1.165) is 53.8 Å². The second-order valence-electron chi connectivity index (χ2n) is 11.5. The molecular weight excluding hydrogens is 392 g/mol.